The summed E-state index contributed by atoms with van der Waals surface area (Å²) in [6.07, 6.45) is 0. The number of phenols is 1. The van der Waals surface area contributed by atoms with Crippen LogP contribution in [0.5, 0.6) is 5.75 Å². The SMILES string of the molecule is O=S(=O)(NCc1ccc(F)cc1F)c1cccc(O)c1. The molecule has 2 N–H and O–H groups in total. The molecule has 2 aromatic carbocycles. The Morgan fingerprint density at radius 2 is 1.85 bits per heavy atom. The summed E-state index contributed by atoms with van der Waals surface area (Å²) in [7, 11) is -3.88. The molecule has 0 unspecified atom stereocenters. The zero-order chi connectivity index (χ0) is 14.8. The lowest BCUT2D eigenvalue weighted by molar-refractivity contribution is 0.473. The molecular formula is C13H11F2NO3S. The molecule has 0 aliphatic heterocycles. The normalized spacial score (nSPS) is 11.5. The van der Waals surface area contributed by atoms with Crippen LogP contribution in [0.1, 0.15) is 5.56 Å². The molecule has 0 spiro atoms. The van der Waals surface area contributed by atoms with E-state index in [1.165, 1.54) is 18.2 Å². The molecular weight excluding hydrogens is 288 g/mol. The monoisotopic (exact) mass is 299 g/mol. The summed E-state index contributed by atoms with van der Waals surface area (Å²) in [5.74, 6) is -1.76. The zero-order valence-corrected chi connectivity index (χ0v) is 11.0. The van der Waals surface area contributed by atoms with E-state index in [9.17, 15) is 22.3 Å². The average Bonchev–Trinajstić information content (AvgIpc) is 2.37. The van der Waals surface area contributed by atoms with Crippen LogP contribution < -0.4 is 4.72 Å². The van der Waals surface area contributed by atoms with Gasteiger partial charge in [-0.15, -0.1) is 0 Å². The predicted octanol–water partition coefficient (Wildman–Crippen LogP) is 2.15. The van der Waals surface area contributed by atoms with E-state index in [4.69, 9.17) is 0 Å². The van der Waals surface area contributed by atoms with Crippen LogP contribution in [-0.2, 0) is 16.6 Å². The van der Waals surface area contributed by atoms with Gasteiger partial charge in [0.25, 0.3) is 0 Å². The van der Waals surface area contributed by atoms with Gasteiger partial charge < -0.3 is 5.11 Å². The van der Waals surface area contributed by atoms with Gasteiger partial charge in [-0.05, 0) is 24.3 Å². The molecule has 106 valence electrons. The van der Waals surface area contributed by atoms with E-state index in [0.717, 1.165) is 18.2 Å². The lowest BCUT2D eigenvalue weighted by Gasteiger charge is -2.08. The molecule has 0 saturated heterocycles. The van der Waals surface area contributed by atoms with Gasteiger partial charge in [0, 0.05) is 18.2 Å². The Labute approximate surface area is 114 Å². The number of halogens is 2. The topological polar surface area (TPSA) is 66.4 Å². The van der Waals surface area contributed by atoms with Crippen molar-refractivity contribution in [3.05, 3.63) is 59.7 Å². The molecule has 0 aliphatic rings. The number of nitrogens with one attached hydrogen (secondary N) is 1. The van der Waals surface area contributed by atoms with E-state index in [-0.39, 0.29) is 22.8 Å². The van der Waals surface area contributed by atoms with Gasteiger partial charge in [-0.25, -0.2) is 21.9 Å². The zero-order valence-electron chi connectivity index (χ0n) is 10.2. The van der Waals surface area contributed by atoms with Crippen molar-refractivity contribution >= 4 is 10.0 Å². The highest BCUT2D eigenvalue weighted by Gasteiger charge is 2.15. The maximum Gasteiger partial charge on any atom is 0.241 e. The van der Waals surface area contributed by atoms with Gasteiger partial charge in [-0.1, -0.05) is 12.1 Å². The fourth-order valence-electron chi connectivity index (χ4n) is 1.57. The molecule has 0 bridgehead atoms. The van der Waals surface area contributed by atoms with Crippen molar-refractivity contribution < 1.29 is 22.3 Å². The highest BCUT2D eigenvalue weighted by atomic mass is 32.2. The second-order valence-electron chi connectivity index (χ2n) is 4.06. The van der Waals surface area contributed by atoms with Gasteiger partial charge in [-0.3, -0.25) is 0 Å². The first kappa shape index (κ1) is 14.4. The van der Waals surface area contributed by atoms with E-state index in [0.29, 0.717) is 6.07 Å². The third-order valence-corrected chi connectivity index (χ3v) is 3.99. The van der Waals surface area contributed by atoms with Crippen LogP contribution in [0.15, 0.2) is 47.4 Å². The van der Waals surface area contributed by atoms with Gasteiger partial charge in [-0.2, -0.15) is 0 Å². The summed E-state index contributed by atoms with van der Waals surface area (Å²) >= 11 is 0. The minimum atomic E-state index is -3.88. The quantitative estimate of drug-likeness (QED) is 0.909. The van der Waals surface area contributed by atoms with E-state index < -0.39 is 21.7 Å². The summed E-state index contributed by atoms with van der Waals surface area (Å²) in [5, 5.41) is 9.24. The van der Waals surface area contributed by atoms with Crippen LogP contribution in [-0.4, -0.2) is 13.5 Å². The number of hydrogen-bond acceptors (Lipinski definition) is 3. The Bertz CT molecular complexity index is 732. The largest absolute Gasteiger partial charge is 0.508 e. The lowest BCUT2D eigenvalue weighted by Crippen LogP contribution is -2.23. The fraction of sp³-hybridized carbons (Fsp3) is 0.0769. The second kappa shape index (κ2) is 5.56. The summed E-state index contributed by atoms with van der Waals surface area (Å²) in [5.41, 5.74) is 0.0233. The predicted molar refractivity (Wildman–Crippen MR) is 68.5 cm³/mol. The van der Waals surface area contributed by atoms with Gasteiger partial charge >= 0.3 is 0 Å². The van der Waals surface area contributed by atoms with Gasteiger partial charge in [0.1, 0.15) is 17.4 Å². The summed E-state index contributed by atoms with van der Waals surface area (Å²) in [6.45, 7) is -0.315. The van der Waals surface area contributed by atoms with Crippen LogP contribution in [0.2, 0.25) is 0 Å². The highest BCUT2D eigenvalue weighted by Crippen LogP contribution is 2.16. The molecule has 20 heavy (non-hydrogen) atoms. The first-order valence-electron chi connectivity index (χ1n) is 5.61. The van der Waals surface area contributed by atoms with Crippen molar-refractivity contribution in [2.45, 2.75) is 11.4 Å². The number of aromatic hydroxyl groups is 1. The molecule has 0 radical (unpaired) electrons. The van der Waals surface area contributed by atoms with Gasteiger partial charge in [0.15, 0.2) is 0 Å². The fourth-order valence-corrected chi connectivity index (χ4v) is 2.62. The van der Waals surface area contributed by atoms with E-state index >= 15 is 0 Å². The summed E-state index contributed by atoms with van der Waals surface area (Å²) in [6, 6.07) is 7.96. The van der Waals surface area contributed by atoms with Gasteiger partial charge in [0.05, 0.1) is 4.90 Å². The molecule has 0 aliphatic carbocycles. The summed E-state index contributed by atoms with van der Waals surface area (Å²) in [4.78, 5) is -0.139. The third-order valence-electron chi connectivity index (χ3n) is 2.60. The smallest absolute Gasteiger partial charge is 0.241 e. The number of hydrogen-bond donors (Lipinski definition) is 2. The molecule has 7 heteroatoms. The summed E-state index contributed by atoms with van der Waals surface area (Å²) < 4.78 is 52.1. The lowest BCUT2D eigenvalue weighted by atomic mass is 10.2. The van der Waals surface area contributed by atoms with Crippen molar-refractivity contribution in [3.63, 3.8) is 0 Å². The van der Waals surface area contributed by atoms with Crippen LogP contribution in [0.3, 0.4) is 0 Å². The highest BCUT2D eigenvalue weighted by molar-refractivity contribution is 7.89. The molecule has 0 atom stereocenters. The standard InChI is InChI=1S/C13H11F2NO3S/c14-10-5-4-9(13(15)6-10)8-16-20(18,19)12-3-1-2-11(17)7-12/h1-7,16-17H,8H2. The van der Waals surface area contributed by atoms with Crippen molar-refractivity contribution in [2.24, 2.45) is 0 Å². The molecule has 0 fully saturated rings. The van der Waals surface area contributed by atoms with Crippen molar-refractivity contribution in [1.82, 2.24) is 4.72 Å². The minimum Gasteiger partial charge on any atom is -0.508 e. The first-order chi connectivity index (χ1) is 9.38. The molecule has 0 aromatic heterocycles. The first-order valence-corrected chi connectivity index (χ1v) is 7.09. The maximum atomic E-state index is 13.4. The average molecular weight is 299 g/mol. The Morgan fingerprint density at radius 3 is 2.50 bits per heavy atom. The van der Waals surface area contributed by atoms with E-state index in [1.54, 1.807) is 0 Å². The van der Waals surface area contributed by atoms with Gasteiger partial charge in [0.2, 0.25) is 10.0 Å². The van der Waals surface area contributed by atoms with Crippen LogP contribution in [0, 0.1) is 11.6 Å². The van der Waals surface area contributed by atoms with Crippen molar-refractivity contribution in [2.75, 3.05) is 0 Å². The third kappa shape index (κ3) is 3.31. The molecule has 4 nitrogen and oxygen atoms in total. The molecule has 2 rings (SSSR count). The number of rotatable bonds is 4. The van der Waals surface area contributed by atoms with Crippen LogP contribution in [0.25, 0.3) is 0 Å². The molecule has 2 aromatic rings. The minimum absolute atomic E-state index is 0.0233. The van der Waals surface area contributed by atoms with Crippen LogP contribution >= 0.6 is 0 Å². The Balaban J connectivity index is 2.17. The number of phenolic OH excluding ortho intramolecular Hbond substituents is 1. The Hall–Kier alpha value is -1.99. The van der Waals surface area contributed by atoms with Crippen molar-refractivity contribution in [3.8, 4) is 5.75 Å². The molecule has 0 heterocycles. The van der Waals surface area contributed by atoms with Crippen molar-refractivity contribution in [1.29, 1.82) is 0 Å². The number of sulfonamides is 1. The maximum absolute atomic E-state index is 13.4. The Morgan fingerprint density at radius 1 is 1.10 bits per heavy atom. The Kier molecular flexibility index (Phi) is 4.01. The van der Waals surface area contributed by atoms with E-state index in [1.807, 2.05) is 0 Å². The number of benzene rings is 2. The second-order valence-corrected chi connectivity index (χ2v) is 5.82. The molecule has 0 saturated carbocycles. The molecule has 0 amide bonds. The van der Waals surface area contributed by atoms with Crippen LogP contribution in [0.4, 0.5) is 8.78 Å². The van der Waals surface area contributed by atoms with E-state index in [2.05, 4.69) is 4.72 Å².